The second-order valence-corrected chi connectivity index (χ2v) is 28.3. The molecule has 2 nitrogen and oxygen atoms in total. The smallest absolute Gasteiger partial charge is 0.0540 e. The topological polar surface area (TPSA) is 6.48 Å². The number of hydrogen-bond donors (Lipinski definition) is 0. The molecule has 0 fully saturated rings. The monoisotopic (exact) mass is 1300 g/mol. The molecule has 486 valence electrons. The van der Waals surface area contributed by atoms with E-state index in [0.717, 1.165) is 68.9 Å². The van der Waals surface area contributed by atoms with Crippen LogP contribution in [0.25, 0.3) is 88.6 Å². The maximum absolute atomic E-state index is 4.12. The Balaban J connectivity index is 0.833. The van der Waals surface area contributed by atoms with Crippen LogP contribution in [0.3, 0.4) is 0 Å². The van der Waals surface area contributed by atoms with Crippen LogP contribution in [-0.2, 0) is 23.7 Å². The molecule has 16 aromatic rings. The minimum absolute atomic E-state index is 0.515. The lowest BCUT2D eigenvalue weighted by Crippen LogP contribution is -2.31. The quantitative estimate of drug-likeness (QED) is 0.101. The van der Waals surface area contributed by atoms with Crippen LogP contribution in [0.5, 0.6) is 0 Å². The Morgan fingerprint density at radius 2 is 0.608 bits per heavy atom. The first-order chi connectivity index (χ1) is 50.1. The van der Waals surface area contributed by atoms with Crippen LogP contribution in [0.4, 0.5) is 34.1 Å². The SMILES string of the molecule is C=Cc1ccc(CC2(c3ccc(C)cc3C)c3ccccc3-c3ccc(N(c4cccc5ccccc45)c4ccc(-c5ccc(N(c6ccc7c(c6)C(Cc6ccc(C=C)cc6)(c6ccc(C)cc6C)c6ccccc6-7)c6cccc7ccccc67)c6ccccc56)c5ccccc45)cc32)cc1. The molecule has 0 aromatic heterocycles. The predicted octanol–water partition coefficient (Wildman–Crippen LogP) is 26.5. The van der Waals surface area contributed by atoms with E-state index in [0.29, 0.717) is 0 Å². The number of hydrogen-bond acceptors (Lipinski definition) is 2. The van der Waals surface area contributed by atoms with Crippen LogP contribution in [0.15, 0.2) is 341 Å². The molecule has 16 aromatic carbocycles. The molecule has 2 aliphatic rings. The van der Waals surface area contributed by atoms with Crippen LogP contribution in [0, 0.1) is 27.7 Å². The van der Waals surface area contributed by atoms with Crippen molar-refractivity contribution in [2.45, 2.75) is 51.4 Å². The summed E-state index contributed by atoms with van der Waals surface area (Å²) in [7, 11) is 0. The van der Waals surface area contributed by atoms with Crippen molar-refractivity contribution in [1.29, 1.82) is 0 Å². The van der Waals surface area contributed by atoms with Crippen molar-refractivity contribution in [3.63, 3.8) is 0 Å². The molecule has 0 amide bonds. The molecule has 0 aliphatic heterocycles. The van der Waals surface area contributed by atoms with Gasteiger partial charge in [0.1, 0.15) is 0 Å². The molecular weight excluding hydrogens is 1230 g/mol. The summed E-state index contributed by atoms with van der Waals surface area (Å²) in [6.07, 6.45) is 5.43. The molecule has 0 saturated carbocycles. The van der Waals surface area contributed by atoms with Crippen LogP contribution < -0.4 is 9.80 Å². The molecule has 0 spiro atoms. The van der Waals surface area contributed by atoms with Crippen LogP contribution >= 0.6 is 0 Å². The summed E-state index contributed by atoms with van der Waals surface area (Å²) in [5, 5.41) is 9.39. The second kappa shape index (κ2) is 24.8. The first kappa shape index (κ1) is 61.9. The molecule has 102 heavy (non-hydrogen) atoms. The fourth-order valence-corrected chi connectivity index (χ4v) is 17.9. The first-order valence-electron chi connectivity index (χ1n) is 35.8. The van der Waals surface area contributed by atoms with E-state index in [1.807, 2.05) is 12.2 Å². The second-order valence-electron chi connectivity index (χ2n) is 28.3. The van der Waals surface area contributed by atoms with Crippen LogP contribution in [-0.4, -0.2) is 0 Å². The van der Waals surface area contributed by atoms with Crippen molar-refractivity contribution in [3.05, 3.63) is 419 Å². The maximum Gasteiger partial charge on any atom is 0.0540 e. The van der Waals surface area contributed by atoms with Gasteiger partial charge in [0.05, 0.1) is 33.6 Å². The Morgan fingerprint density at radius 1 is 0.265 bits per heavy atom. The van der Waals surface area contributed by atoms with E-state index >= 15 is 0 Å². The third kappa shape index (κ3) is 9.91. The standard InChI is InChI=1S/C100H76N2/c1-7-69-41-45-71(46-42-69)63-99(89-55-39-65(3)59-67(89)5)91-35-19-17-31-83(91)85-51-49-75(61-93(85)99)101(95-37-21-25-73-23-9-11-27-77(73)95)97-57-53-81(79-29-13-15-33-87(79)97)82-54-58-98(88-34-16-14-30-80(82)88)102(96-38-22-26-74-24-10-12-28-78(74)96)76-50-52-86-84-32-18-20-36-92(84)100(94(86)62-76,90-56-40-66(4)60-68(90)6)64-72-47-43-70(8-2)44-48-72/h7-62H,1-2,63-64H2,3-6H3. The largest absolute Gasteiger partial charge is 0.309 e. The van der Waals surface area contributed by atoms with E-state index < -0.39 is 10.8 Å². The highest BCUT2D eigenvalue weighted by Gasteiger charge is 2.48. The minimum atomic E-state index is -0.515. The lowest BCUT2D eigenvalue weighted by Gasteiger charge is -2.36. The van der Waals surface area contributed by atoms with Gasteiger partial charge in [-0.3, -0.25) is 0 Å². The highest BCUT2D eigenvalue weighted by Crippen LogP contribution is 2.60. The van der Waals surface area contributed by atoms with Gasteiger partial charge >= 0.3 is 0 Å². The maximum atomic E-state index is 4.12. The third-order valence-corrected chi connectivity index (χ3v) is 22.4. The summed E-state index contributed by atoms with van der Waals surface area (Å²) >= 11 is 0. The molecule has 18 rings (SSSR count). The Kier molecular flexibility index (Phi) is 15.1. The average molecular weight is 1310 g/mol. The number of anilines is 6. The zero-order valence-corrected chi connectivity index (χ0v) is 58.1. The zero-order chi connectivity index (χ0) is 68.8. The highest BCUT2D eigenvalue weighted by molar-refractivity contribution is 6.15. The van der Waals surface area contributed by atoms with Gasteiger partial charge in [-0.15, -0.1) is 0 Å². The lowest BCUT2D eigenvalue weighted by molar-refractivity contribution is 0.625. The zero-order valence-electron chi connectivity index (χ0n) is 58.1. The third-order valence-electron chi connectivity index (χ3n) is 22.4. The van der Waals surface area contributed by atoms with Crippen molar-refractivity contribution in [2.75, 3.05) is 9.80 Å². The van der Waals surface area contributed by atoms with Gasteiger partial charge in [0, 0.05) is 32.9 Å². The summed E-state index contributed by atoms with van der Waals surface area (Å²) in [5.41, 5.74) is 30.8. The van der Waals surface area contributed by atoms with Gasteiger partial charge in [-0.1, -0.05) is 315 Å². The van der Waals surface area contributed by atoms with Gasteiger partial charge in [0.25, 0.3) is 0 Å². The van der Waals surface area contributed by atoms with Gasteiger partial charge in [0.2, 0.25) is 0 Å². The van der Waals surface area contributed by atoms with Crippen molar-refractivity contribution in [3.8, 4) is 33.4 Å². The molecular formula is C100H76N2. The van der Waals surface area contributed by atoms with Crippen LogP contribution in [0.1, 0.15) is 77.9 Å². The molecule has 0 heterocycles. The summed E-state index contributed by atoms with van der Waals surface area (Å²) < 4.78 is 0. The molecule has 0 N–H and O–H groups in total. The summed E-state index contributed by atoms with van der Waals surface area (Å²) in [5.74, 6) is 0. The number of rotatable bonds is 15. The van der Waals surface area contributed by atoms with E-state index in [2.05, 4.69) is 378 Å². The van der Waals surface area contributed by atoms with Gasteiger partial charge in [-0.2, -0.15) is 0 Å². The van der Waals surface area contributed by atoms with E-state index in [1.54, 1.807) is 0 Å². The number of aryl methyl sites for hydroxylation is 4. The van der Waals surface area contributed by atoms with Crippen LogP contribution in [0.2, 0.25) is 0 Å². The van der Waals surface area contributed by atoms with Gasteiger partial charge in [-0.05, 0) is 211 Å². The Bertz CT molecular complexity index is 5690. The number of fused-ring (bicyclic) bond motifs is 10. The minimum Gasteiger partial charge on any atom is -0.309 e. The molecule has 0 radical (unpaired) electrons. The Hall–Kier alpha value is -12.4. The Labute approximate surface area is 598 Å². The highest BCUT2D eigenvalue weighted by atomic mass is 15.2. The van der Waals surface area contributed by atoms with Crippen molar-refractivity contribution in [1.82, 2.24) is 0 Å². The fourth-order valence-electron chi connectivity index (χ4n) is 17.9. The van der Waals surface area contributed by atoms with E-state index in [9.17, 15) is 0 Å². The molecule has 0 saturated heterocycles. The summed E-state index contributed by atoms with van der Waals surface area (Å²) in [4.78, 5) is 5.10. The normalized spacial score (nSPS) is 14.9. The molecule has 2 aliphatic carbocycles. The van der Waals surface area contributed by atoms with Gasteiger partial charge in [-0.25, -0.2) is 0 Å². The number of nitrogens with zero attached hydrogens (tertiary/aromatic N) is 2. The Morgan fingerprint density at radius 3 is 1.02 bits per heavy atom. The molecule has 0 bridgehead atoms. The van der Waals surface area contributed by atoms with Gasteiger partial charge < -0.3 is 9.80 Å². The van der Waals surface area contributed by atoms with Gasteiger partial charge in [0.15, 0.2) is 0 Å². The van der Waals surface area contributed by atoms with E-state index in [4.69, 9.17) is 0 Å². The van der Waals surface area contributed by atoms with E-state index in [1.165, 1.54) is 132 Å². The van der Waals surface area contributed by atoms with Crippen molar-refractivity contribution < 1.29 is 0 Å². The van der Waals surface area contributed by atoms with Crippen molar-refractivity contribution >= 4 is 89.4 Å². The lowest BCUT2D eigenvalue weighted by atomic mass is 9.67. The first-order valence-corrected chi connectivity index (χ1v) is 35.8. The summed E-state index contributed by atoms with van der Waals surface area (Å²) in [6, 6.07) is 124. The molecule has 2 heteroatoms. The molecule has 2 atom stereocenters. The number of benzene rings is 16. The molecule has 2 unspecified atom stereocenters. The average Bonchev–Trinajstić information content (AvgIpc) is 1.53. The predicted molar refractivity (Wildman–Crippen MR) is 434 cm³/mol. The fraction of sp³-hybridized carbons (Fsp3) is 0.0800. The summed E-state index contributed by atoms with van der Waals surface area (Å²) in [6.45, 7) is 17.3. The van der Waals surface area contributed by atoms with Crippen molar-refractivity contribution in [2.24, 2.45) is 0 Å². The van der Waals surface area contributed by atoms with E-state index in [-0.39, 0.29) is 0 Å².